The molecule has 2 heterocycles. The number of nitrogens with zero attached hydrogens (tertiary/aromatic N) is 1. The fourth-order valence-electron chi connectivity index (χ4n) is 3.42. The maximum atomic E-state index is 12.3. The van der Waals surface area contributed by atoms with Gasteiger partial charge in [0.2, 0.25) is 5.78 Å². The van der Waals surface area contributed by atoms with Gasteiger partial charge in [-0.05, 0) is 57.7 Å². The van der Waals surface area contributed by atoms with Gasteiger partial charge < -0.3 is 9.72 Å². The summed E-state index contributed by atoms with van der Waals surface area (Å²) in [7, 11) is 0. The number of carbonyl (C=O) groups excluding carboxylic acids is 3. The molecule has 1 N–H and O–H groups in total. The quantitative estimate of drug-likeness (QED) is 0.316. The number of carbonyl (C=O) groups is 3. The predicted octanol–water partition coefficient (Wildman–Crippen LogP) is 4.58. The second kappa shape index (κ2) is 9.13. The van der Waals surface area contributed by atoms with Gasteiger partial charge in [0.05, 0.1) is 20.9 Å². The summed E-state index contributed by atoms with van der Waals surface area (Å²) in [6.07, 6.45) is 2.60. The van der Waals surface area contributed by atoms with E-state index in [0.29, 0.717) is 28.9 Å². The van der Waals surface area contributed by atoms with E-state index in [2.05, 4.69) is 16.0 Å². The van der Waals surface area contributed by atoms with Crippen molar-refractivity contribution >= 4 is 39.1 Å². The maximum absolute atomic E-state index is 12.3. The molecule has 3 rings (SSSR count). The minimum absolute atomic E-state index is 0.0968. The van der Waals surface area contributed by atoms with Crippen molar-refractivity contribution in [2.45, 2.75) is 46.5 Å². The molecule has 6 nitrogen and oxygen atoms in total. The molecule has 0 radical (unpaired) electrons. The summed E-state index contributed by atoms with van der Waals surface area (Å²) in [6.45, 7) is 4.61. The average Bonchev–Trinajstić information content (AvgIpc) is 3.23. The lowest BCUT2D eigenvalue weighted by atomic mass is 10.1. The number of para-hydroxylation sites is 1. The van der Waals surface area contributed by atoms with Gasteiger partial charge in [-0.25, -0.2) is 4.98 Å². The number of aromatic nitrogens is 2. The maximum Gasteiger partial charge on any atom is 0.306 e. The first-order valence-electron chi connectivity index (χ1n) is 9.60. The fourth-order valence-corrected chi connectivity index (χ4v) is 4.43. The molecule has 29 heavy (non-hydrogen) atoms. The van der Waals surface area contributed by atoms with E-state index < -0.39 is 5.97 Å². The zero-order valence-corrected chi connectivity index (χ0v) is 17.6. The molecule has 7 heteroatoms. The van der Waals surface area contributed by atoms with E-state index in [4.69, 9.17) is 4.74 Å². The van der Waals surface area contributed by atoms with E-state index in [9.17, 15) is 14.4 Å². The Morgan fingerprint density at radius 3 is 2.59 bits per heavy atom. The molecular weight excluding hydrogens is 388 g/mol. The van der Waals surface area contributed by atoms with Crippen LogP contribution in [-0.4, -0.2) is 34.1 Å². The number of unbranched alkanes of at least 4 members (excludes halogenated alkanes) is 1. The second-order valence-corrected chi connectivity index (χ2v) is 8.16. The molecule has 3 aromatic rings. The van der Waals surface area contributed by atoms with Crippen molar-refractivity contribution in [2.75, 3.05) is 6.61 Å². The van der Waals surface area contributed by atoms with E-state index in [1.165, 1.54) is 11.6 Å². The zero-order valence-electron chi connectivity index (χ0n) is 16.8. The normalized spacial score (nSPS) is 11.0. The molecule has 1 aromatic carbocycles. The number of esters is 1. The smallest absolute Gasteiger partial charge is 0.306 e. The highest BCUT2D eigenvalue weighted by molar-refractivity contribution is 7.18. The molecule has 152 valence electrons. The van der Waals surface area contributed by atoms with Gasteiger partial charge in [0.15, 0.2) is 12.4 Å². The molecule has 0 bridgehead atoms. The number of rotatable bonds is 9. The van der Waals surface area contributed by atoms with Crippen LogP contribution in [0.2, 0.25) is 0 Å². The molecule has 0 aliphatic carbocycles. The molecule has 0 amide bonds. The van der Waals surface area contributed by atoms with Gasteiger partial charge in [-0.3, -0.25) is 14.4 Å². The van der Waals surface area contributed by atoms with E-state index in [1.807, 2.05) is 18.2 Å². The van der Waals surface area contributed by atoms with E-state index >= 15 is 0 Å². The van der Waals surface area contributed by atoms with Gasteiger partial charge in [-0.2, -0.15) is 0 Å². The number of thiazole rings is 1. The van der Waals surface area contributed by atoms with E-state index in [0.717, 1.165) is 23.4 Å². The van der Waals surface area contributed by atoms with Gasteiger partial charge in [-0.15, -0.1) is 11.3 Å². The van der Waals surface area contributed by atoms with E-state index in [-0.39, 0.29) is 24.6 Å². The first kappa shape index (κ1) is 20.9. The SMILES string of the molecule is CC(=O)c1c(C)[nH]c(C(=O)COC(=O)CCCCc2nc3ccccc3s2)c1C. The third-order valence-electron chi connectivity index (χ3n) is 4.79. The summed E-state index contributed by atoms with van der Waals surface area (Å²) in [5, 5.41) is 1.06. The molecule has 0 unspecified atom stereocenters. The topological polar surface area (TPSA) is 89.1 Å². The van der Waals surface area contributed by atoms with Gasteiger partial charge in [0.1, 0.15) is 0 Å². The average molecular weight is 413 g/mol. The number of fused-ring (bicyclic) bond motifs is 1. The van der Waals surface area contributed by atoms with Crippen molar-refractivity contribution in [3.8, 4) is 0 Å². The van der Waals surface area contributed by atoms with Crippen LogP contribution in [0.1, 0.15) is 63.3 Å². The van der Waals surface area contributed by atoms with E-state index in [1.54, 1.807) is 25.2 Å². The molecule has 0 saturated heterocycles. The molecule has 2 aromatic heterocycles. The monoisotopic (exact) mass is 412 g/mol. The van der Waals surface area contributed by atoms with Crippen molar-refractivity contribution in [3.63, 3.8) is 0 Å². The highest BCUT2D eigenvalue weighted by atomic mass is 32.1. The molecule has 0 atom stereocenters. The Hall–Kier alpha value is -2.80. The number of hydrogen-bond acceptors (Lipinski definition) is 6. The largest absolute Gasteiger partial charge is 0.457 e. The lowest BCUT2D eigenvalue weighted by molar-refractivity contribution is -0.142. The van der Waals surface area contributed by atoms with Gasteiger partial charge in [-0.1, -0.05) is 12.1 Å². The van der Waals surface area contributed by atoms with Crippen molar-refractivity contribution in [2.24, 2.45) is 0 Å². The Kier molecular flexibility index (Phi) is 6.59. The highest BCUT2D eigenvalue weighted by Gasteiger charge is 2.20. The number of aryl methyl sites for hydroxylation is 2. The van der Waals surface area contributed by atoms with Gasteiger partial charge in [0, 0.05) is 17.7 Å². The number of H-pyrrole nitrogens is 1. The molecule has 0 fully saturated rings. The summed E-state index contributed by atoms with van der Waals surface area (Å²) < 4.78 is 6.29. The lowest BCUT2D eigenvalue weighted by Gasteiger charge is -2.04. The minimum atomic E-state index is -0.393. The molecular formula is C22H24N2O4S. The minimum Gasteiger partial charge on any atom is -0.457 e. The van der Waals surface area contributed by atoms with Crippen LogP contribution in [0.4, 0.5) is 0 Å². The number of ketones is 2. The number of aromatic amines is 1. The Morgan fingerprint density at radius 2 is 1.90 bits per heavy atom. The summed E-state index contributed by atoms with van der Waals surface area (Å²) in [4.78, 5) is 43.5. The fraction of sp³-hybridized carbons (Fsp3) is 0.364. The predicted molar refractivity (Wildman–Crippen MR) is 113 cm³/mol. The number of ether oxygens (including phenoxy) is 1. The Bertz CT molecular complexity index is 1030. The molecule has 0 spiro atoms. The third kappa shape index (κ3) is 4.98. The van der Waals surface area contributed by atoms with Crippen molar-refractivity contribution < 1.29 is 19.1 Å². The van der Waals surface area contributed by atoms with Crippen LogP contribution in [0.3, 0.4) is 0 Å². The van der Waals surface area contributed by atoms with Crippen molar-refractivity contribution in [1.29, 1.82) is 0 Å². The lowest BCUT2D eigenvalue weighted by Crippen LogP contribution is -2.15. The molecule has 0 saturated carbocycles. The summed E-state index contributed by atoms with van der Waals surface area (Å²) in [5.74, 6) is -0.822. The second-order valence-electron chi connectivity index (χ2n) is 7.05. The Morgan fingerprint density at radius 1 is 1.14 bits per heavy atom. The number of nitrogens with one attached hydrogen (secondary N) is 1. The van der Waals surface area contributed by atoms with Crippen molar-refractivity contribution in [1.82, 2.24) is 9.97 Å². The van der Waals surface area contributed by atoms with Crippen LogP contribution in [0.25, 0.3) is 10.2 Å². The first-order chi connectivity index (χ1) is 13.9. The van der Waals surface area contributed by atoms with Crippen LogP contribution in [-0.2, 0) is 16.0 Å². The van der Waals surface area contributed by atoms with Crippen LogP contribution in [0.5, 0.6) is 0 Å². The zero-order chi connectivity index (χ0) is 21.0. The number of benzene rings is 1. The van der Waals surface area contributed by atoms with Gasteiger partial charge in [0.25, 0.3) is 0 Å². The number of hydrogen-bond donors (Lipinski definition) is 1. The molecule has 0 aliphatic rings. The van der Waals surface area contributed by atoms with Gasteiger partial charge >= 0.3 is 5.97 Å². The van der Waals surface area contributed by atoms with Crippen LogP contribution >= 0.6 is 11.3 Å². The Labute approximate surface area is 173 Å². The van der Waals surface area contributed by atoms with Crippen LogP contribution in [0, 0.1) is 13.8 Å². The first-order valence-corrected chi connectivity index (χ1v) is 10.4. The third-order valence-corrected chi connectivity index (χ3v) is 5.89. The standard InChI is InChI=1S/C22H24N2O4S/c1-13-21(15(3)25)14(2)23-22(13)17(26)12-28-20(27)11-7-6-10-19-24-16-8-4-5-9-18(16)29-19/h4-5,8-9,23H,6-7,10-12H2,1-3H3. The summed E-state index contributed by atoms with van der Waals surface area (Å²) >= 11 is 1.67. The molecule has 0 aliphatic heterocycles. The summed E-state index contributed by atoms with van der Waals surface area (Å²) in [6, 6.07) is 8.02. The summed E-state index contributed by atoms with van der Waals surface area (Å²) in [5.41, 5.74) is 3.12. The Balaban J connectivity index is 1.42. The van der Waals surface area contributed by atoms with Crippen LogP contribution in [0.15, 0.2) is 24.3 Å². The van der Waals surface area contributed by atoms with Crippen molar-refractivity contribution in [3.05, 3.63) is 51.8 Å². The van der Waals surface area contributed by atoms with Crippen LogP contribution < -0.4 is 0 Å². The highest BCUT2D eigenvalue weighted by Crippen LogP contribution is 2.23. The number of Topliss-reactive ketones (excluding diaryl/α,β-unsaturated/α-hetero) is 2.